The second-order valence-electron chi connectivity index (χ2n) is 6.52. The van der Waals surface area contributed by atoms with Gasteiger partial charge in [0.05, 0.1) is 17.6 Å². The number of hydrogen-bond donors (Lipinski definition) is 1. The highest BCUT2D eigenvalue weighted by atomic mass is 32.1. The Kier molecular flexibility index (Phi) is 5.38. The van der Waals surface area contributed by atoms with Gasteiger partial charge < -0.3 is 14.5 Å². The maximum atomic E-state index is 12.8. The number of esters is 1. The minimum Gasteiger partial charge on any atom is -0.462 e. The summed E-state index contributed by atoms with van der Waals surface area (Å²) in [5.74, 6) is -1.19. The lowest BCUT2D eigenvalue weighted by Crippen LogP contribution is -2.17. The molecule has 0 atom stereocenters. The first kappa shape index (κ1) is 19.8. The van der Waals surface area contributed by atoms with Crippen LogP contribution in [0.4, 0.5) is 5.00 Å². The molecule has 0 aliphatic heterocycles. The standard InChI is InChI=1S/C21H21NO5S/c1-6-26-21(25)17-12(4)13(5)28-20(17)22-19(24)16-9-15(23)14-8-7-10(2)11(3)18(14)27-16/h7-9H,6H2,1-5H3,(H,22,24). The van der Waals surface area contributed by atoms with Crippen LogP contribution >= 0.6 is 11.3 Å². The lowest BCUT2D eigenvalue weighted by molar-refractivity contribution is 0.0527. The molecule has 1 aromatic carbocycles. The molecule has 3 rings (SSSR count). The zero-order chi connectivity index (χ0) is 20.6. The van der Waals surface area contributed by atoms with Gasteiger partial charge in [0.25, 0.3) is 5.91 Å². The van der Waals surface area contributed by atoms with E-state index in [4.69, 9.17) is 9.15 Å². The molecule has 0 aliphatic rings. The summed E-state index contributed by atoms with van der Waals surface area (Å²) in [6, 6.07) is 4.71. The van der Waals surface area contributed by atoms with Crippen molar-refractivity contribution in [2.45, 2.75) is 34.6 Å². The number of amides is 1. The minimum absolute atomic E-state index is 0.107. The van der Waals surface area contributed by atoms with Gasteiger partial charge in [-0.15, -0.1) is 11.3 Å². The molecule has 2 aromatic heterocycles. The second-order valence-corrected chi connectivity index (χ2v) is 7.75. The Morgan fingerprint density at radius 2 is 1.86 bits per heavy atom. The minimum atomic E-state index is -0.591. The van der Waals surface area contributed by atoms with Crippen molar-refractivity contribution < 1.29 is 18.7 Å². The van der Waals surface area contributed by atoms with Gasteiger partial charge in [0.15, 0.2) is 11.2 Å². The molecule has 3 aromatic rings. The average Bonchev–Trinajstić information content (AvgIpc) is 2.92. The molecule has 0 saturated heterocycles. The molecule has 28 heavy (non-hydrogen) atoms. The quantitative estimate of drug-likeness (QED) is 0.652. The molecule has 0 unspecified atom stereocenters. The van der Waals surface area contributed by atoms with Crippen LogP contribution in [0.1, 0.15) is 49.4 Å². The summed E-state index contributed by atoms with van der Waals surface area (Å²) in [6.45, 7) is 9.37. The van der Waals surface area contributed by atoms with Crippen LogP contribution in [0.25, 0.3) is 11.0 Å². The van der Waals surface area contributed by atoms with Crippen LogP contribution in [-0.4, -0.2) is 18.5 Å². The number of nitrogens with one attached hydrogen (secondary N) is 1. The normalized spacial score (nSPS) is 10.9. The van der Waals surface area contributed by atoms with Gasteiger partial charge >= 0.3 is 5.97 Å². The van der Waals surface area contributed by atoms with Crippen molar-refractivity contribution in [2.75, 3.05) is 11.9 Å². The monoisotopic (exact) mass is 399 g/mol. The Balaban J connectivity index is 2.03. The number of ether oxygens (including phenoxy) is 1. The summed E-state index contributed by atoms with van der Waals surface area (Å²) in [6.07, 6.45) is 0. The van der Waals surface area contributed by atoms with E-state index in [1.165, 1.54) is 17.4 Å². The lowest BCUT2D eigenvalue weighted by atomic mass is 10.1. The summed E-state index contributed by atoms with van der Waals surface area (Å²) in [5, 5.41) is 3.50. The summed E-state index contributed by atoms with van der Waals surface area (Å²) < 4.78 is 10.8. The number of thiophene rings is 1. The molecule has 1 amide bonds. The first-order chi connectivity index (χ1) is 13.2. The lowest BCUT2D eigenvalue weighted by Gasteiger charge is -2.09. The fraction of sp³-hybridized carbons (Fsp3) is 0.286. The summed E-state index contributed by atoms with van der Waals surface area (Å²) in [4.78, 5) is 38.4. The number of anilines is 1. The van der Waals surface area contributed by atoms with Crippen LogP contribution in [0.3, 0.4) is 0 Å². The predicted molar refractivity (Wildman–Crippen MR) is 110 cm³/mol. The van der Waals surface area contributed by atoms with Gasteiger partial charge in [-0.3, -0.25) is 9.59 Å². The molecule has 7 heteroatoms. The van der Waals surface area contributed by atoms with Crippen molar-refractivity contribution in [2.24, 2.45) is 0 Å². The molecular formula is C21H21NO5S. The third-order valence-electron chi connectivity index (χ3n) is 4.73. The number of aryl methyl sites for hydroxylation is 3. The predicted octanol–water partition coefficient (Wildman–Crippen LogP) is 4.52. The molecule has 0 fully saturated rings. The Bertz CT molecular complexity index is 1160. The summed E-state index contributed by atoms with van der Waals surface area (Å²) in [7, 11) is 0. The molecule has 0 bridgehead atoms. The third kappa shape index (κ3) is 3.45. The van der Waals surface area contributed by atoms with Crippen molar-refractivity contribution >= 4 is 39.2 Å². The highest BCUT2D eigenvalue weighted by molar-refractivity contribution is 7.16. The van der Waals surface area contributed by atoms with Crippen LogP contribution in [0, 0.1) is 27.7 Å². The van der Waals surface area contributed by atoms with Gasteiger partial charge in [0.2, 0.25) is 0 Å². The van der Waals surface area contributed by atoms with Gasteiger partial charge in [-0.2, -0.15) is 0 Å². The van der Waals surface area contributed by atoms with E-state index in [1.807, 2.05) is 26.8 Å². The fourth-order valence-electron chi connectivity index (χ4n) is 2.89. The van der Waals surface area contributed by atoms with Crippen LogP contribution in [-0.2, 0) is 4.74 Å². The van der Waals surface area contributed by atoms with E-state index in [0.29, 0.717) is 21.5 Å². The van der Waals surface area contributed by atoms with E-state index in [1.54, 1.807) is 19.9 Å². The van der Waals surface area contributed by atoms with E-state index in [2.05, 4.69) is 5.32 Å². The molecule has 2 heterocycles. The van der Waals surface area contributed by atoms with Crippen molar-refractivity contribution in [3.05, 3.63) is 61.3 Å². The summed E-state index contributed by atoms with van der Waals surface area (Å²) in [5.41, 5.74) is 2.94. The van der Waals surface area contributed by atoms with E-state index >= 15 is 0 Å². The number of carbonyl (C=O) groups excluding carboxylic acids is 2. The zero-order valence-corrected chi connectivity index (χ0v) is 17.2. The molecule has 0 spiro atoms. The Hall–Kier alpha value is -2.93. The second kappa shape index (κ2) is 7.59. The molecule has 146 valence electrons. The largest absolute Gasteiger partial charge is 0.462 e. The number of carbonyl (C=O) groups is 2. The highest BCUT2D eigenvalue weighted by Gasteiger charge is 2.23. The Labute approximate surface area is 166 Å². The molecule has 6 nitrogen and oxygen atoms in total. The Morgan fingerprint density at radius 3 is 2.54 bits per heavy atom. The van der Waals surface area contributed by atoms with Gasteiger partial charge in [-0.1, -0.05) is 6.07 Å². The smallest absolute Gasteiger partial charge is 0.341 e. The maximum Gasteiger partial charge on any atom is 0.341 e. The average molecular weight is 399 g/mol. The van der Waals surface area contributed by atoms with Gasteiger partial charge in [0.1, 0.15) is 10.6 Å². The molecule has 0 saturated carbocycles. The zero-order valence-electron chi connectivity index (χ0n) is 16.4. The number of fused-ring (bicyclic) bond motifs is 1. The first-order valence-corrected chi connectivity index (χ1v) is 9.68. The molecule has 0 aliphatic carbocycles. The third-order valence-corrected chi connectivity index (χ3v) is 5.85. The van der Waals surface area contributed by atoms with Gasteiger partial charge in [-0.25, -0.2) is 4.79 Å². The van der Waals surface area contributed by atoms with Crippen LogP contribution in [0.15, 0.2) is 27.4 Å². The van der Waals surface area contributed by atoms with Gasteiger partial charge in [0, 0.05) is 10.9 Å². The van der Waals surface area contributed by atoms with E-state index in [-0.39, 0.29) is 17.8 Å². The first-order valence-electron chi connectivity index (χ1n) is 8.87. The van der Waals surface area contributed by atoms with E-state index in [0.717, 1.165) is 21.6 Å². The molecular weight excluding hydrogens is 378 g/mol. The van der Waals surface area contributed by atoms with Crippen molar-refractivity contribution in [1.82, 2.24) is 0 Å². The number of rotatable bonds is 4. The number of benzene rings is 1. The summed E-state index contributed by atoms with van der Waals surface area (Å²) >= 11 is 1.28. The van der Waals surface area contributed by atoms with Crippen LogP contribution < -0.4 is 10.7 Å². The SMILES string of the molecule is CCOC(=O)c1c(NC(=O)c2cc(=O)c3ccc(C)c(C)c3o2)sc(C)c1C. The number of hydrogen-bond acceptors (Lipinski definition) is 6. The van der Waals surface area contributed by atoms with Crippen molar-refractivity contribution in [1.29, 1.82) is 0 Å². The molecule has 1 N–H and O–H groups in total. The molecule has 0 radical (unpaired) electrons. The van der Waals surface area contributed by atoms with E-state index in [9.17, 15) is 14.4 Å². The van der Waals surface area contributed by atoms with Crippen LogP contribution in [0.5, 0.6) is 0 Å². The van der Waals surface area contributed by atoms with Crippen molar-refractivity contribution in [3.63, 3.8) is 0 Å². The fourth-order valence-corrected chi connectivity index (χ4v) is 3.94. The van der Waals surface area contributed by atoms with Crippen LogP contribution in [0.2, 0.25) is 0 Å². The van der Waals surface area contributed by atoms with E-state index < -0.39 is 11.9 Å². The maximum absolute atomic E-state index is 12.8. The van der Waals surface area contributed by atoms with Gasteiger partial charge in [-0.05, 0) is 57.4 Å². The highest BCUT2D eigenvalue weighted by Crippen LogP contribution is 2.33. The van der Waals surface area contributed by atoms with Crippen molar-refractivity contribution in [3.8, 4) is 0 Å². The Morgan fingerprint density at radius 1 is 1.14 bits per heavy atom. The topological polar surface area (TPSA) is 85.6 Å².